The van der Waals surface area contributed by atoms with Gasteiger partial charge in [-0.15, -0.1) is 0 Å². The number of rotatable bonds is 1. The zero-order valence-electron chi connectivity index (χ0n) is 9.05. The highest BCUT2D eigenvalue weighted by Gasteiger charge is 2.21. The molecule has 0 aromatic heterocycles. The molecule has 0 unspecified atom stereocenters. The van der Waals surface area contributed by atoms with Gasteiger partial charge in [0.25, 0.3) is 0 Å². The molecule has 2 nitrogen and oxygen atoms in total. The highest BCUT2D eigenvalue weighted by Crippen LogP contribution is 2.34. The summed E-state index contributed by atoms with van der Waals surface area (Å²) in [5, 5.41) is 3.23. The summed E-state index contributed by atoms with van der Waals surface area (Å²) >= 11 is 1.70. The maximum Gasteiger partial charge on any atom is 0.177 e. The van der Waals surface area contributed by atoms with Gasteiger partial charge in [-0.05, 0) is 24.0 Å². The number of fused-ring (bicyclic) bond motifs is 2. The van der Waals surface area contributed by atoms with E-state index >= 15 is 0 Å². The van der Waals surface area contributed by atoms with Crippen molar-refractivity contribution in [1.82, 2.24) is 4.90 Å². The third kappa shape index (κ3) is 1.48. The van der Waals surface area contributed by atoms with Crippen LogP contribution in [0.5, 0.6) is 0 Å². The fourth-order valence-corrected chi connectivity index (χ4v) is 2.80. The van der Waals surface area contributed by atoms with Gasteiger partial charge in [-0.25, -0.2) is 4.99 Å². The van der Waals surface area contributed by atoms with Crippen molar-refractivity contribution >= 4 is 28.7 Å². The van der Waals surface area contributed by atoms with Crippen LogP contribution in [0.4, 0.5) is 5.69 Å². The highest BCUT2D eigenvalue weighted by atomic mass is 32.2. The van der Waals surface area contributed by atoms with Crippen LogP contribution in [0.15, 0.2) is 46.6 Å². The van der Waals surface area contributed by atoms with E-state index in [-0.39, 0.29) is 0 Å². The smallest absolute Gasteiger partial charge is 0.177 e. The van der Waals surface area contributed by atoms with Gasteiger partial charge >= 0.3 is 0 Å². The number of hydrogen-bond acceptors (Lipinski definition) is 3. The summed E-state index contributed by atoms with van der Waals surface area (Å²) in [5.74, 6) is 0. The van der Waals surface area contributed by atoms with Gasteiger partial charge in [-0.2, -0.15) is 0 Å². The molecular weight excluding hydrogens is 216 g/mol. The van der Waals surface area contributed by atoms with E-state index < -0.39 is 0 Å². The van der Waals surface area contributed by atoms with Gasteiger partial charge in [-0.1, -0.05) is 36.9 Å². The third-order valence-corrected chi connectivity index (χ3v) is 3.62. The molecule has 0 radical (unpaired) electrons. The quantitative estimate of drug-likeness (QED) is 0.723. The minimum absolute atomic E-state index is 1.03. The van der Waals surface area contributed by atoms with Crippen LogP contribution in [0, 0.1) is 0 Å². The monoisotopic (exact) mass is 228 g/mol. The van der Waals surface area contributed by atoms with E-state index in [0.717, 1.165) is 17.3 Å². The molecule has 0 N–H and O–H groups in total. The summed E-state index contributed by atoms with van der Waals surface area (Å²) in [6.45, 7) is 2.17. The molecule has 0 saturated carbocycles. The number of aliphatic imine (C=N–C) groups is 1. The van der Waals surface area contributed by atoms with Crippen LogP contribution >= 0.6 is 11.8 Å². The molecule has 0 saturated heterocycles. The Bertz CT molecular complexity index is 514. The fourth-order valence-electron chi connectivity index (χ4n) is 1.84. The predicted octanol–water partition coefficient (Wildman–Crippen LogP) is 3.96. The van der Waals surface area contributed by atoms with Crippen LogP contribution in [-0.4, -0.2) is 10.1 Å². The van der Waals surface area contributed by atoms with E-state index in [4.69, 9.17) is 4.99 Å². The van der Waals surface area contributed by atoms with Crippen molar-refractivity contribution in [2.75, 3.05) is 0 Å². The second-order valence-corrected chi connectivity index (χ2v) is 4.56. The molecule has 0 amide bonds. The Morgan fingerprint density at radius 3 is 3.06 bits per heavy atom. The van der Waals surface area contributed by atoms with Gasteiger partial charge < -0.3 is 0 Å². The normalized spacial score (nSPS) is 17.4. The summed E-state index contributed by atoms with van der Waals surface area (Å²) in [6.07, 6.45) is 5.27. The van der Waals surface area contributed by atoms with Crippen molar-refractivity contribution in [1.29, 1.82) is 0 Å². The lowest BCUT2D eigenvalue weighted by Crippen LogP contribution is -2.16. The van der Waals surface area contributed by atoms with Gasteiger partial charge in [0.2, 0.25) is 0 Å². The number of allylic oxidation sites excluding steroid dienone is 1. The minimum Gasteiger partial charge on any atom is -0.299 e. The summed E-state index contributed by atoms with van der Waals surface area (Å²) in [4.78, 5) is 6.86. The molecule has 16 heavy (non-hydrogen) atoms. The third-order valence-electron chi connectivity index (χ3n) is 2.73. The van der Waals surface area contributed by atoms with Gasteiger partial charge in [-0.3, -0.25) is 4.90 Å². The largest absolute Gasteiger partial charge is 0.299 e. The summed E-state index contributed by atoms with van der Waals surface area (Å²) < 4.78 is 0. The molecule has 0 bridgehead atoms. The SMILES string of the molecule is CCC1=CSC2=Nc3ccccc3C=CN12. The number of amidine groups is 1. The number of benzene rings is 1. The maximum atomic E-state index is 4.69. The number of para-hydroxylation sites is 1. The minimum atomic E-state index is 1.03. The van der Waals surface area contributed by atoms with E-state index in [0.29, 0.717) is 0 Å². The number of nitrogens with zero attached hydrogens (tertiary/aromatic N) is 2. The van der Waals surface area contributed by atoms with E-state index in [1.165, 1.54) is 11.3 Å². The lowest BCUT2D eigenvalue weighted by molar-refractivity contribution is 0.680. The van der Waals surface area contributed by atoms with Gasteiger partial charge in [0, 0.05) is 17.5 Å². The summed E-state index contributed by atoms with van der Waals surface area (Å²) in [5.41, 5.74) is 3.54. The Balaban J connectivity index is 2.08. The lowest BCUT2D eigenvalue weighted by Gasteiger charge is -2.14. The van der Waals surface area contributed by atoms with E-state index in [2.05, 4.69) is 41.6 Å². The zero-order chi connectivity index (χ0) is 11.0. The van der Waals surface area contributed by atoms with Crippen LogP contribution in [0.2, 0.25) is 0 Å². The van der Waals surface area contributed by atoms with Crippen molar-refractivity contribution in [2.45, 2.75) is 13.3 Å². The van der Waals surface area contributed by atoms with Crippen molar-refractivity contribution in [3.8, 4) is 0 Å². The van der Waals surface area contributed by atoms with Crippen LogP contribution in [-0.2, 0) is 0 Å². The first-order valence-corrected chi connectivity index (χ1v) is 6.27. The second kappa shape index (κ2) is 3.83. The molecule has 0 fully saturated rings. The number of thioether (sulfide) groups is 1. The fraction of sp³-hybridized carbons (Fsp3) is 0.154. The molecule has 2 heterocycles. The van der Waals surface area contributed by atoms with Crippen molar-refractivity contribution in [3.05, 3.63) is 47.1 Å². The first-order valence-electron chi connectivity index (χ1n) is 5.39. The zero-order valence-corrected chi connectivity index (χ0v) is 9.87. The average Bonchev–Trinajstić information content (AvgIpc) is 2.61. The molecule has 80 valence electrons. The lowest BCUT2D eigenvalue weighted by atomic mass is 10.2. The summed E-state index contributed by atoms with van der Waals surface area (Å²) in [6, 6.07) is 8.22. The van der Waals surface area contributed by atoms with Gasteiger partial charge in [0.05, 0.1) is 5.69 Å². The molecular formula is C13H12N2S. The molecule has 2 aliphatic heterocycles. The van der Waals surface area contributed by atoms with E-state index in [1.807, 2.05) is 12.1 Å². The standard InChI is InChI=1S/C13H12N2S/c1-2-11-9-16-13-14-12-6-4-3-5-10(12)7-8-15(11)13/h3-9H,2H2,1H3. The molecule has 3 heteroatoms. The van der Waals surface area contributed by atoms with Crippen molar-refractivity contribution in [2.24, 2.45) is 4.99 Å². The molecule has 1 aromatic rings. The Labute approximate surface area is 99.4 Å². The van der Waals surface area contributed by atoms with Crippen molar-refractivity contribution in [3.63, 3.8) is 0 Å². The predicted molar refractivity (Wildman–Crippen MR) is 70.4 cm³/mol. The highest BCUT2D eigenvalue weighted by molar-refractivity contribution is 8.16. The van der Waals surface area contributed by atoms with Gasteiger partial charge in [0.1, 0.15) is 0 Å². The maximum absolute atomic E-state index is 4.69. The molecule has 0 aliphatic carbocycles. The van der Waals surface area contributed by atoms with E-state index in [1.54, 1.807) is 11.8 Å². The molecule has 3 rings (SSSR count). The second-order valence-electron chi connectivity index (χ2n) is 3.72. The molecule has 0 atom stereocenters. The summed E-state index contributed by atoms with van der Waals surface area (Å²) in [7, 11) is 0. The Morgan fingerprint density at radius 1 is 1.31 bits per heavy atom. The van der Waals surface area contributed by atoms with Crippen LogP contribution in [0.25, 0.3) is 6.08 Å². The topological polar surface area (TPSA) is 15.6 Å². The average molecular weight is 228 g/mol. The van der Waals surface area contributed by atoms with E-state index in [9.17, 15) is 0 Å². The van der Waals surface area contributed by atoms with Crippen LogP contribution < -0.4 is 0 Å². The Hall–Kier alpha value is -1.48. The van der Waals surface area contributed by atoms with Crippen molar-refractivity contribution < 1.29 is 0 Å². The Kier molecular flexibility index (Phi) is 2.33. The molecule has 2 aliphatic rings. The van der Waals surface area contributed by atoms with Gasteiger partial charge in [0.15, 0.2) is 5.17 Å². The molecule has 0 spiro atoms. The number of hydrogen-bond donors (Lipinski definition) is 0. The first-order chi connectivity index (χ1) is 7.88. The first kappa shape index (κ1) is 9.73. The molecule has 1 aromatic carbocycles. The van der Waals surface area contributed by atoms with Crippen LogP contribution in [0.1, 0.15) is 18.9 Å². The Morgan fingerprint density at radius 2 is 2.19 bits per heavy atom. The van der Waals surface area contributed by atoms with Crippen LogP contribution in [0.3, 0.4) is 0 Å².